The van der Waals surface area contributed by atoms with Crippen molar-refractivity contribution in [1.82, 2.24) is 15.5 Å². The van der Waals surface area contributed by atoms with Gasteiger partial charge in [0.2, 0.25) is 5.91 Å². The molecule has 0 unspecified atom stereocenters. The highest BCUT2D eigenvalue weighted by atomic mass is 35.5. The minimum atomic E-state index is 0. The van der Waals surface area contributed by atoms with E-state index in [1.54, 1.807) is 0 Å². The molecule has 0 radical (unpaired) electrons. The molecule has 4 nitrogen and oxygen atoms in total. The van der Waals surface area contributed by atoms with Crippen LogP contribution in [0.1, 0.15) is 44.9 Å². The molecular formula is C14H28ClN3O. The molecule has 1 amide bonds. The van der Waals surface area contributed by atoms with Crippen molar-refractivity contribution in [3.05, 3.63) is 0 Å². The zero-order valence-electron chi connectivity index (χ0n) is 12.0. The van der Waals surface area contributed by atoms with Crippen molar-refractivity contribution in [1.29, 1.82) is 0 Å². The predicted molar refractivity (Wildman–Crippen MR) is 80.8 cm³/mol. The molecule has 0 aromatic rings. The number of carbonyl (C=O) groups excluding carboxylic acids is 1. The van der Waals surface area contributed by atoms with Crippen LogP contribution in [0, 0.1) is 0 Å². The van der Waals surface area contributed by atoms with Crippen LogP contribution in [-0.2, 0) is 4.79 Å². The van der Waals surface area contributed by atoms with E-state index in [1.165, 1.54) is 32.1 Å². The highest BCUT2D eigenvalue weighted by Crippen LogP contribution is 2.17. The van der Waals surface area contributed by atoms with Crippen LogP contribution in [0.4, 0.5) is 0 Å². The third-order valence-electron chi connectivity index (χ3n) is 4.33. The van der Waals surface area contributed by atoms with Gasteiger partial charge in [-0.15, -0.1) is 12.4 Å². The highest BCUT2D eigenvalue weighted by Gasteiger charge is 2.21. The van der Waals surface area contributed by atoms with Gasteiger partial charge in [-0.3, -0.25) is 9.69 Å². The van der Waals surface area contributed by atoms with Crippen LogP contribution in [0.5, 0.6) is 0 Å². The molecule has 0 spiro atoms. The number of rotatable bonds is 4. The topological polar surface area (TPSA) is 44.4 Å². The number of carbonyl (C=O) groups is 1. The molecule has 2 aliphatic rings. The Morgan fingerprint density at radius 2 is 1.68 bits per heavy atom. The Hall–Kier alpha value is -0.320. The zero-order chi connectivity index (χ0) is 12.8. The van der Waals surface area contributed by atoms with Gasteiger partial charge < -0.3 is 10.6 Å². The van der Waals surface area contributed by atoms with E-state index in [4.69, 9.17) is 0 Å². The summed E-state index contributed by atoms with van der Waals surface area (Å²) in [4.78, 5) is 14.2. The lowest BCUT2D eigenvalue weighted by molar-refractivity contribution is -0.123. The van der Waals surface area contributed by atoms with E-state index in [1.807, 2.05) is 7.05 Å². The summed E-state index contributed by atoms with van der Waals surface area (Å²) >= 11 is 0. The van der Waals surface area contributed by atoms with Crippen molar-refractivity contribution in [2.45, 2.75) is 57.0 Å². The van der Waals surface area contributed by atoms with E-state index in [0.29, 0.717) is 18.6 Å². The molecule has 1 saturated heterocycles. The van der Waals surface area contributed by atoms with Crippen molar-refractivity contribution in [3.63, 3.8) is 0 Å². The molecule has 2 rings (SSSR count). The van der Waals surface area contributed by atoms with Crippen LogP contribution in [0.3, 0.4) is 0 Å². The zero-order valence-corrected chi connectivity index (χ0v) is 12.8. The highest BCUT2D eigenvalue weighted by molar-refractivity contribution is 5.85. The third-order valence-corrected chi connectivity index (χ3v) is 4.33. The molecule has 1 aliphatic heterocycles. The van der Waals surface area contributed by atoms with Gasteiger partial charge in [0.15, 0.2) is 0 Å². The smallest absolute Gasteiger partial charge is 0.234 e. The summed E-state index contributed by atoms with van der Waals surface area (Å²) in [6.45, 7) is 2.68. The molecule has 1 heterocycles. The molecular weight excluding hydrogens is 262 g/mol. The number of hydrogen-bond acceptors (Lipinski definition) is 3. The maximum atomic E-state index is 12.0. The second-order valence-electron chi connectivity index (χ2n) is 5.74. The van der Waals surface area contributed by atoms with Crippen molar-refractivity contribution >= 4 is 18.3 Å². The second-order valence-corrected chi connectivity index (χ2v) is 5.74. The summed E-state index contributed by atoms with van der Waals surface area (Å²) in [6.07, 6.45) is 8.56. The predicted octanol–water partition coefficient (Wildman–Crippen LogP) is 1.54. The summed E-state index contributed by atoms with van der Waals surface area (Å²) in [5.41, 5.74) is 0. The summed E-state index contributed by atoms with van der Waals surface area (Å²) in [7, 11) is 2.02. The number of piperidine rings is 1. The molecule has 112 valence electrons. The molecule has 0 bridgehead atoms. The molecule has 0 aromatic carbocycles. The first kappa shape index (κ1) is 16.7. The van der Waals surface area contributed by atoms with Crippen LogP contribution in [0.15, 0.2) is 0 Å². The number of amides is 1. The van der Waals surface area contributed by atoms with Crippen molar-refractivity contribution in [2.75, 3.05) is 26.7 Å². The lowest BCUT2D eigenvalue weighted by atomic mass is 9.95. The number of nitrogens with one attached hydrogen (secondary N) is 2. The Morgan fingerprint density at radius 1 is 1.05 bits per heavy atom. The minimum Gasteiger partial charge on any atom is -0.352 e. The molecule has 0 aromatic heterocycles. The van der Waals surface area contributed by atoms with Gasteiger partial charge in [0.05, 0.1) is 6.54 Å². The number of nitrogens with zero attached hydrogens (tertiary/aromatic N) is 1. The fourth-order valence-electron chi connectivity index (χ4n) is 3.10. The number of likely N-dealkylation sites (tertiary alicyclic amines) is 1. The SMILES string of the molecule is CNC1CCN(CC(=O)NC2CCCCC2)CC1.Cl. The van der Waals surface area contributed by atoms with Gasteiger partial charge in [-0.2, -0.15) is 0 Å². The molecule has 0 atom stereocenters. The van der Waals surface area contributed by atoms with Crippen LogP contribution >= 0.6 is 12.4 Å². The first-order valence-electron chi connectivity index (χ1n) is 7.47. The monoisotopic (exact) mass is 289 g/mol. The maximum Gasteiger partial charge on any atom is 0.234 e. The third kappa shape index (κ3) is 5.67. The van der Waals surface area contributed by atoms with Gasteiger partial charge >= 0.3 is 0 Å². The summed E-state index contributed by atoms with van der Waals surface area (Å²) < 4.78 is 0. The van der Waals surface area contributed by atoms with Gasteiger partial charge in [-0.25, -0.2) is 0 Å². The fourth-order valence-corrected chi connectivity index (χ4v) is 3.10. The van der Waals surface area contributed by atoms with Crippen molar-refractivity contribution in [2.24, 2.45) is 0 Å². The lowest BCUT2D eigenvalue weighted by Crippen LogP contribution is -2.47. The molecule has 19 heavy (non-hydrogen) atoms. The standard InChI is InChI=1S/C14H27N3O.ClH/c1-15-12-7-9-17(10-8-12)11-14(18)16-13-5-3-2-4-6-13;/h12-13,15H,2-11H2,1H3,(H,16,18);1H. The normalized spacial score (nSPS) is 22.8. The van der Waals surface area contributed by atoms with E-state index >= 15 is 0 Å². The van der Waals surface area contributed by atoms with E-state index in [0.717, 1.165) is 25.9 Å². The van der Waals surface area contributed by atoms with Crippen LogP contribution < -0.4 is 10.6 Å². The molecule has 1 aliphatic carbocycles. The molecule has 1 saturated carbocycles. The summed E-state index contributed by atoms with van der Waals surface area (Å²) in [5.74, 6) is 0.227. The average Bonchev–Trinajstić information content (AvgIpc) is 2.40. The van der Waals surface area contributed by atoms with Crippen LogP contribution in [0.2, 0.25) is 0 Å². The number of halogens is 1. The second kappa shape index (κ2) is 8.77. The van der Waals surface area contributed by atoms with Gasteiger partial charge in [0, 0.05) is 25.2 Å². The number of hydrogen-bond donors (Lipinski definition) is 2. The maximum absolute atomic E-state index is 12.0. The van der Waals surface area contributed by atoms with E-state index in [9.17, 15) is 4.79 Å². The molecule has 2 N–H and O–H groups in total. The quantitative estimate of drug-likeness (QED) is 0.825. The van der Waals surface area contributed by atoms with Crippen LogP contribution in [-0.4, -0.2) is 49.6 Å². The minimum absolute atomic E-state index is 0. The van der Waals surface area contributed by atoms with Gasteiger partial charge in [0.1, 0.15) is 0 Å². The van der Waals surface area contributed by atoms with Gasteiger partial charge in [-0.1, -0.05) is 19.3 Å². The summed E-state index contributed by atoms with van der Waals surface area (Å²) in [6, 6.07) is 1.09. The van der Waals surface area contributed by atoms with Crippen molar-refractivity contribution < 1.29 is 4.79 Å². The van der Waals surface area contributed by atoms with E-state index < -0.39 is 0 Å². The Kier molecular flexibility index (Phi) is 7.73. The van der Waals surface area contributed by atoms with Crippen molar-refractivity contribution in [3.8, 4) is 0 Å². The Labute approximate surface area is 123 Å². The van der Waals surface area contributed by atoms with E-state index in [-0.39, 0.29) is 18.3 Å². The van der Waals surface area contributed by atoms with E-state index in [2.05, 4.69) is 15.5 Å². The summed E-state index contributed by atoms with van der Waals surface area (Å²) in [5, 5.41) is 6.51. The first-order chi connectivity index (χ1) is 8.78. The Morgan fingerprint density at radius 3 is 2.26 bits per heavy atom. The molecule has 5 heteroatoms. The average molecular weight is 290 g/mol. The van der Waals surface area contributed by atoms with Gasteiger partial charge in [-0.05, 0) is 32.7 Å². The largest absolute Gasteiger partial charge is 0.352 e. The molecule has 2 fully saturated rings. The lowest BCUT2D eigenvalue weighted by Gasteiger charge is -2.32. The van der Waals surface area contributed by atoms with Gasteiger partial charge in [0.25, 0.3) is 0 Å². The Balaban J connectivity index is 0.00000180. The first-order valence-corrected chi connectivity index (χ1v) is 7.47. The fraction of sp³-hybridized carbons (Fsp3) is 0.929. The van der Waals surface area contributed by atoms with Crippen LogP contribution in [0.25, 0.3) is 0 Å². The Bertz CT molecular complexity index is 261.